The fraction of sp³-hybridized carbons (Fsp3) is 0.414. The first-order chi connectivity index (χ1) is 18.5. The van der Waals surface area contributed by atoms with E-state index in [9.17, 15) is 5.11 Å². The number of halogens is 2. The normalized spacial score (nSPS) is 17.9. The Morgan fingerprint density at radius 3 is 2.54 bits per heavy atom. The molecular formula is C29H36F2N5O2S+. The van der Waals surface area contributed by atoms with Crippen LogP contribution < -0.4 is 4.74 Å². The molecule has 1 aromatic carbocycles. The van der Waals surface area contributed by atoms with E-state index in [1.807, 2.05) is 50.4 Å². The molecule has 0 bridgehead atoms. The third-order valence-electron chi connectivity index (χ3n) is 7.38. The summed E-state index contributed by atoms with van der Waals surface area (Å²) in [5.74, 6) is 1.17. The molecule has 10 heteroatoms. The fourth-order valence-electron chi connectivity index (χ4n) is 5.90. The second-order valence-corrected chi connectivity index (χ2v) is 12.5. The molecule has 5 rings (SSSR count). The lowest BCUT2D eigenvalue weighted by Crippen LogP contribution is -2.27. The largest absolute Gasteiger partial charge is 0.496 e. The summed E-state index contributed by atoms with van der Waals surface area (Å²) in [4.78, 5) is 0. The number of aromatic nitrogens is 4. The van der Waals surface area contributed by atoms with Crippen LogP contribution in [-0.2, 0) is 6.42 Å². The van der Waals surface area contributed by atoms with E-state index in [4.69, 9.17) is 4.74 Å². The van der Waals surface area contributed by atoms with Gasteiger partial charge in [0.15, 0.2) is 5.71 Å². The molecule has 0 amide bonds. The van der Waals surface area contributed by atoms with Gasteiger partial charge in [-0.15, -0.1) is 5.10 Å². The second kappa shape index (κ2) is 10.1. The molecule has 208 valence electrons. The standard InChI is InChI=1S/C29H36F2N5O2S/c1-17(2)10-22(16-37)13-23-15-34(33-32-23)24-8-9-26(38-7)25(14-24)27-28-18(3)11-20(5)35(28)39(30,31)36-21(6)12-19(4)29(27)36/h8-9,11-12,14-15,17,22,37H,10,13,16H2,1-7H3/q+1. The quantitative estimate of drug-likeness (QED) is 0.329. The van der Waals surface area contributed by atoms with Gasteiger partial charge >= 0.3 is 11.2 Å². The molecule has 2 aliphatic heterocycles. The summed E-state index contributed by atoms with van der Waals surface area (Å²) in [6.07, 6.45) is 5.22. The molecule has 39 heavy (non-hydrogen) atoms. The van der Waals surface area contributed by atoms with E-state index >= 15 is 7.77 Å². The van der Waals surface area contributed by atoms with Crippen molar-refractivity contribution < 1.29 is 21.6 Å². The smallest absolute Gasteiger partial charge is 0.387 e. The molecule has 0 saturated heterocycles. The van der Waals surface area contributed by atoms with Gasteiger partial charge in [0.1, 0.15) is 5.75 Å². The van der Waals surface area contributed by atoms with E-state index < -0.39 is 11.2 Å². The number of aliphatic hydroxyl groups is 1. The van der Waals surface area contributed by atoms with Gasteiger partial charge < -0.3 is 9.84 Å². The van der Waals surface area contributed by atoms with Crippen molar-refractivity contribution in [3.05, 3.63) is 76.0 Å². The number of benzene rings is 1. The first-order valence-electron chi connectivity index (χ1n) is 13.2. The first-order valence-corrected chi connectivity index (χ1v) is 14.5. The molecule has 2 aromatic heterocycles. The highest BCUT2D eigenvalue weighted by Crippen LogP contribution is 2.64. The maximum Gasteiger partial charge on any atom is 0.387 e. The number of rotatable bonds is 8. The Morgan fingerprint density at radius 2 is 1.87 bits per heavy atom. The summed E-state index contributed by atoms with van der Waals surface area (Å²) in [7, 11) is 1.59. The Morgan fingerprint density at radius 1 is 1.13 bits per heavy atom. The van der Waals surface area contributed by atoms with E-state index in [2.05, 4.69) is 24.2 Å². The average molecular weight is 557 g/mol. The van der Waals surface area contributed by atoms with E-state index in [1.165, 1.54) is 7.95 Å². The van der Waals surface area contributed by atoms with Gasteiger partial charge in [-0.3, -0.25) is 0 Å². The van der Waals surface area contributed by atoms with Crippen LogP contribution in [-0.4, -0.2) is 47.5 Å². The summed E-state index contributed by atoms with van der Waals surface area (Å²) >= 11 is -4.34. The molecular weight excluding hydrogens is 520 g/mol. The lowest BCUT2D eigenvalue weighted by Gasteiger charge is -2.29. The highest BCUT2D eigenvalue weighted by molar-refractivity contribution is 8.18. The Balaban J connectivity index is 1.67. The van der Waals surface area contributed by atoms with Gasteiger partial charge in [-0.2, -0.15) is 0 Å². The maximum absolute atomic E-state index is 16.1. The number of hydrogen-bond donors (Lipinski definition) is 1. The molecule has 0 fully saturated rings. The van der Waals surface area contributed by atoms with Crippen molar-refractivity contribution in [2.24, 2.45) is 11.8 Å². The van der Waals surface area contributed by atoms with E-state index in [1.54, 1.807) is 25.6 Å². The molecule has 2 aliphatic rings. The molecule has 3 aromatic rings. The molecule has 1 atom stereocenters. The maximum atomic E-state index is 16.1. The molecule has 4 heterocycles. The number of aryl methyl sites for hydroxylation is 2. The van der Waals surface area contributed by atoms with Crippen molar-refractivity contribution in [1.29, 1.82) is 0 Å². The highest BCUT2D eigenvalue weighted by Gasteiger charge is 2.54. The summed E-state index contributed by atoms with van der Waals surface area (Å²) in [6.45, 7) is 11.6. The van der Waals surface area contributed by atoms with Crippen LogP contribution in [0.2, 0.25) is 0 Å². The van der Waals surface area contributed by atoms with Gasteiger partial charge in [-0.05, 0) is 75.3 Å². The number of fused-ring (bicyclic) bond motifs is 2. The highest BCUT2D eigenvalue weighted by atomic mass is 32.3. The summed E-state index contributed by atoms with van der Waals surface area (Å²) < 4.78 is 42.1. The van der Waals surface area contributed by atoms with E-state index in [0.29, 0.717) is 52.0 Å². The third kappa shape index (κ3) is 4.53. The van der Waals surface area contributed by atoms with Crippen molar-refractivity contribution in [3.8, 4) is 11.4 Å². The zero-order valence-electron chi connectivity index (χ0n) is 23.5. The number of ether oxygens (including phenoxy) is 1. The first kappa shape index (κ1) is 27.3. The second-order valence-electron chi connectivity index (χ2n) is 10.9. The summed E-state index contributed by atoms with van der Waals surface area (Å²) in [6, 6.07) is 7.48. The SMILES string of the molecule is COc1ccc(-n2cc(CC(CO)CC(C)C)nn2)cc1C1=C2C(C)=CC(C)=[N+]2S(F)(F)n2c(C)cc(C)c21. The zero-order chi connectivity index (χ0) is 28.2. The Kier molecular flexibility index (Phi) is 7.05. The van der Waals surface area contributed by atoms with Crippen LogP contribution in [0.25, 0.3) is 11.3 Å². The van der Waals surface area contributed by atoms with Crippen molar-refractivity contribution in [1.82, 2.24) is 19.0 Å². The minimum absolute atomic E-state index is 0.0967. The van der Waals surface area contributed by atoms with Crippen LogP contribution in [0.1, 0.15) is 62.3 Å². The Bertz CT molecular complexity index is 1550. The molecule has 1 N–H and O–H groups in total. The molecule has 1 unspecified atom stereocenters. The molecule has 0 radical (unpaired) electrons. The fourth-order valence-corrected chi connectivity index (χ4v) is 7.77. The number of allylic oxidation sites excluding steroid dienone is 2. The lowest BCUT2D eigenvalue weighted by atomic mass is 9.94. The van der Waals surface area contributed by atoms with Gasteiger partial charge in [0.25, 0.3) is 0 Å². The van der Waals surface area contributed by atoms with Crippen LogP contribution in [0.4, 0.5) is 7.77 Å². The molecule has 0 spiro atoms. The van der Waals surface area contributed by atoms with Crippen molar-refractivity contribution in [2.45, 2.75) is 54.4 Å². The predicted molar refractivity (Wildman–Crippen MR) is 151 cm³/mol. The van der Waals surface area contributed by atoms with Crippen molar-refractivity contribution in [2.75, 3.05) is 13.7 Å². The minimum Gasteiger partial charge on any atom is -0.496 e. The monoisotopic (exact) mass is 556 g/mol. The van der Waals surface area contributed by atoms with Crippen LogP contribution in [0.3, 0.4) is 0 Å². The van der Waals surface area contributed by atoms with Crippen molar-refractivity contribution in [3.63, 3.8) is 0 Å². The lowest BCUT2D eigenvalue weighted by molar-refractivity contribution is -0.304. The van der Waals surface area contributed by atoms with Crippen LogP contribution in [0.5, 0.6) is 5.75 Å². The molecule has 0 aliphatic carbocycles. The number of nitrogens with zero attached hydrogens (tertiary/aromatic N) is 5. The van der Waals surface area contributed by atoms with Gasteiger partial charge in [-0.1, -0.05) is 30.8 Å². The van der Waals surface area contributed by atoms with Crippen LogP contribution in [0, 0.1) is 25.7 Å². The number of aliphatic hydroxyl groups excluding tert-OH is 1. The number of hydrogen-bond acceptors (Lipinski definition) is 4. The summed E-state index contributed by atoms with van der Waals surface area (Å²) in [5, 5.41) is 18.5. The number of methoxy groups -OCH3 is 1. The van der Waals surface area contributed by atoms with Crippen LogP contribution in [0.15, 0.2) is 47.8 Å². The van der Waals surface area contributed by atoms with E-state index in [0.717, 1.165) is 28.9 Å². The Labute approximate surface area is 230 Å². The molecule has 7 nitrogen and oxygen atoms in total. The Hall–Kier alpha value is -3.24. The summed E-state index contributed by atoms with van der Waals surface area (Å²) in [5.41, 5.74) is 6.59. The zero-order valence-corrected chi connectivity index (χ0v) is 24.3. The van der Waals surface area contributed by atoms with Gasteiger partial charge in [0.2, 0.25) is 5.70 Å². The van der Waals surface area contributed by atoms with Gasteiger partial charge in [0, 0.05) is 36.4 Å². The minimum atomic E-state index is -4.34. The van der Waals surface area contributed by atoms with Gasteiger partial charge in [-0.25, -0.2) is 8.65 Å². The van der Waals surface area contributed by atoms with Crippen LogP contribution >= 0.6 is 11.2 Å². The van der Waals surface area contributed by atoms with Gasteiger partial charge in [0.05, 0.1) is 36.0 Å². The van der Waals surface area contributed by atoms with Crippen molar-refractivity contribution >= 4 is 22.5 Å². The third-order valence-corrected chi connectivity index (χ3v) is 9.20. The molecule has 0 saturated carbocycles. The average Bonchev–Trinajstić information content (AvgIpc) is 3.54. The predicted octanol–water partition coefficient (Wildman–Crippen LogP) is 6.35. The topological polar surface area (TPSA) is 68.1 Å². The van der Waals surface area contributed by atoms with E-state index in [-0.39, 0.29) is 12.5 Å².